The van der Waals surface area contributed by atoms with Gasteiger partial charge in [0.15, 0.2) is 5.08 Å². The molecular weight excluding hydrogens is 264 g/mol. The van der Waals surface area contributed by atoms with E-state index in [0.717, 1.165) is 13.1 Å². The van der Waals surface area contributed by atoms with Gasteiger partial charge in [-0.2, -0.15) is 0 Å². The number of rotatable bonds is 4. The van der Waals surface area contributed by atoms with E-state index in [4.69, 9.17) is 0 Å². The predicted octanol–water partition coefficient (Wildman–Crippen LogP) is 3.36. The predicted molar refractivity (Wildman–Crippen MR) is 74.2 cm³/mol. The van der Waals surface area contributed by atoms with Crippen LogP contribution in [0.25, 0.3) is 0 Å². The second-order valence-electron chi connectivity index (χ2n) is 3.68. The lowest BCUT2D eigenvalue weighted by molar-refractivity contribution is 0.805. The summed E-state index contributed by atoms with van der Waals surface area (Å²) in [5, 5.41) is 0.181. The molecule has 1 aliphatic heterocycles. The summed E-state index contributed by atoms with van der Waals surface area (Å²) in [6.07, 6.45) is 3.84. The van der Waals surface area contributed by atoms with Crippen molar-refractivity contribution in [2.75, 3.05) is 22.9 Å². The van der Waals surface area contributed by atoms with Crippen molar-refractivity contribution in [3.05, 3.63) is 49.6 Å². The molecule has 0 saturated carbocycles. The van der Waals surface area contributed by atoms with Gasteiger partial charge in [0.1, 0.15) is 0 Å². The molecule has 1 heterocycles. The van der Waals surface area contributed by atoms with Crippen LogP contribution in [0.2, 0.25) is 0 Å². The number of anilines is 2. The molecule has 16 heavy (non-hydrogen) atoms. The third-order valence-corrected chi connectivity index (χ3v) is 3.66. The van der Waals surface area contributed by atoms with Crippen LogP contribution in [0.3, 0.4) is 0 Å². The third kappa shape index (κ3) is 1.76. The highest BCUT2D eigenvalue weighted by atomic mass is 79.9. The topological polar surface area (TPSA) is 6.48 Å². The molecule has 1 aromatic carbocycles. The Morgan fingerprint density at radius 3 is 1.88 bits per heavy atom. The van der Waals surface area contributed by atoms with Crippen LogP contribution in [0, 0.1) is 0 Å². The average Bonchev–Trinajstić information content (AvgIpc) is 2.56. The fourth-order valence-electron chi connectivity index (χ4n) is 2.00. The molecule has 0 bridgehead atoms. The molecule has 0 aromatic heterocycles. The lowest BCUT2D eigenvalue weighted by atomic mass is 10.2. The molecule has 0 fully saturated rings. The van der Waals surface area contributed by atoms with Crippen molar-refractivity contribution in [3.8, 4) is 0 Å². The molecule has 0 amide bonds. The number of fused-ring (bicyclic) bond motifs is 1. The van der Waals surface area contributed by atoms with Gasteiger partial charge < -0.3 is 9.80 Å². The van der Waals surface area contributed by atoms with Crippen LogP contribution in [0.4, 0.5) is 11.4 Å². The molecule has 0 spiro atoms. The summed E-state index contributed by atoms with van der Waals surface area (Å²) < 4.78 is 0. The molecule has 0 atom stereocenters. The zero-order valence-corrected chi connectivity index (χ0v) is 10.7. The molecule has 2 rings (SSSR count). The van der Waals surface area contributed by atoms with Crippen molar-refractivity contribution in [2.45, 2.75) is 5.08 Å². The van der Waals surface area contributed by atoms with E-state index in [9.17, 15) is 0 Å². The fraction of sp³-hybridized carbons (Fsp3) is 0.231. The Balaban J connectivity index is 2.39. The highest BCUT2D eigenvalue weighted by Crippen LogP contribution is 2.41. The standard InChI is InChI=1S/C13H15BrN2/c1-3-9-15-11-7-5-6-8-12(11)16(10-4-2)13(15)14/h3-8,13H,1-2,9-10H2. The maximum absolute atomic E-state index is 3.80. The van der Waals surface area contributed by atoms with Gasteiger partial charge in [-0.05, 0) is 28.1 Å². The molecule has 0 aliphatic carbocycles. The molecular formula is C13H15BrN2. The smallest absolute Gasteiger partial charge is 0.160 e. The highest BCUT2D eigenvalue weighted by Gasteiger charge is 2.31. The number of para-hydroxylation sites is 2. The quantitative estimate of drug-likeness (QED) is 0.473. The van der Waals surface area contributed by atoms with Crippen LogP contribution < -0.4 is 9.80 Å². The molecule has 2 nitrogen and oxygen atoms in total. The van der Waals surface area contributed by atoms with Crippen molar-refractivity contribution in [1.29, 1.82) is 0 Å². The van der Waals surface area contributed by atoms with Gasteiger partial charge in [0.05, 0.1) is 11.4 Å². The van der Waals surface area contributed by atoms with Gasteiger partial charge in [0.25, 0.3) is 0 Å². The van der Waals surface area contributed by atoms with Gasteiger partial charge in [0.2, 0.25) is 0 Å². The summed E-state index contributed by atoms with van der Waals surface area (Å²) >= 11 is 3.71. The number of hydrogen-bond acceptors (Lipinski definition) is 2. The molecule has 0 radical (unpaired) electrons. The minimum absolute atomic E-state index is 0.181. The normalized spacial score (nSPS) is 15.1. The van der Waals surface area contributed by atoms with E-state index in [2.05, 4.69) is 63.2 Å². The van der Waals surface area contributed by atoms with Crippen molar-refractivity contribution in [2.24, 2.45) is 0 Å². The zero-order valence-electron chi connectivity index (χ0n) is 9.14. The number of benzene rings is 1. The molecule has 1 aromatic rings. The lowest BCUT2D eigenvalue weighted by Crippen LogP contribution is -2.38. The number of hydrogen-bond donors (Lipinski definition) is 0. The van der Waals surface area contributed by atoms with Crippen molar-refractivity contribution < 1.29 is 0 Å². The third-order valence-electron chi connectivity index (χ3n) is 2.67. The lowest BCUT2D eigenvalue weighted by Gasteiger charge is -2.26. The van der Waals surface area contributed by atoms with Crippen molar-refractivity contribution >= 4 is 27.3 Å². The maximum Gasteiger partial charge on any atom is 0.160 e. The van der Waals surface area contributed by atoms with Crippen LogP contribution in [-0.2, 0) is 0 Å². The largest absolute Gasteiger partial charge is 0.337 e. The Morgan fingerprint density at radius 2 is 1.50 bits per heavy atom. The van der Waals surface area contributed by atoms with E-state index in [-0.39, 0.29) is 5.08 Å². The van der Waals surface area contributed by atoms with Crippen LogP contribution in [0.5, 0.6) is 0 Å². The van der Waals surface area contributed by atoms with Crippen LogP contribution in [-0.4, -0.2) is 18.2 Å². The van der Waals surface area contributed by atoms with E-state index in [0.29, 0.717) is 0 Å². The van der Waals surface area contributed by atoms with E-state index >= 15 is 0 Å². The Kier molecular flexibility index (Phi) is 3.34. The Labute approximate surface area is 105 Å². The van der Waals surface area contributed by atoms with E-state index in [1.165, 1.54) is 11.4 Å². The Bertz CT molecular complexity index is 366. The minimum atomic E-state index is 0.181. The second-order valence-corrected chi connectivity index (χ2v) is 4.50. The first kappa shape index (κ1) is 11.3. The molecule has 0 N–H and O–H groups in total. The van der Waals surface area contributed by atoms with E-state index < -0.39 is 0 Å². The van der Waals surface area contributed by atoms with Crippen LogP contribution >= 0.6 is 15.9 Å². The number of nitrogens with zero attached hydrogens (tertiary/aromatic N) is 2. The monoisotopic (exact) mass is 278 g/mol. The summed E-state index contributed by atoms with van der Waals surface area (Å²) in [5.41, 5.74) is 2.48. The average molecular weight is 279 g/mol. The summed E-state index contributed by atoms with van der Waals surface area (Å²) in [4.78, 5) is 4.54. The molecule has 1 aliphatic rings. The number of halogens is 1. The van der Waals surface area contributed by atoms with Crippen LogP contribution in [0.15, 0.2) is 49.6 Å². The van der Waals surface area contributed by atoms with E-state index in [1.54, 1.807) is 0 Å². The van der Waals surface area contributed by atoms with Gasteiger partial charge in [0, 0.05) is 13.1 Å². The first-order valence-electron chi connectivity index (χ1n) is 5.27. The summed E-state index contributed by atoms with van der Waals surface area (Å²) in [6.45, 7) is 9.27. The van der Waals surface area contributed by atoms with Crippen molar-refractivity contribution in [1.82, 2.24) is 0 Å². The minimum Gasteiger partial charge on any atom is -0.337 e. The van der Waals surface area contributed by atoms with Gasteiger partial charge in [-0.15, -0.1) is 13.2 Å². The number of alkyl halides is 1. The maximum atomic E-state index is 3.80. The summed E-state index contributed by atoms with van der Waals surface area (Å²) in [7, 11) is 0. The second kappa shape index (κ2) is 4.74. The zero-order chi connectivity index (χ0) is 11.5. The van der Waals surface area contributed by atoms with Gasteiger partial charge in [-0.1, -0.05) is 24.3 Å². The first-order valence-corrected chi connectivity index (χ1v) is 6.19. The van der Waals surface area contributed by atoms with Gasteiger partial charge in [-0.25, -0.2) is 0 Å². The SMILES string of the molecule is C=CCN1c2ccccc2N(CC=C)C1Br. The molecule has 0 saturated heterocycles. The highest BCUT2D eigenvalue weighted by molar-refractivity contribution is 9.09. The van der Waals surface area contributed by atoms with Crippen molar-refractivity contribution in [3.63, 3.8) is 0 Å². The fourth-order valence-corrected chi connectivity index (χ4v) is 2.77. The Hall–Kier alpha value is -1.22. The van der Waals surface area contributed by atoms with Gasteiger partial charge >= 0.3 is 0 Å². The summed E-state index contributed by atoms with van der Waals surface area (Å²) in [6, 6.07) is 8.39. The molecule has 84 valence electrons. The first-order chi connectivity index (χ1) is 7.79. The molecule has 0 unspecified atom stereocenters. The van der Waals surface area contributed by atoms with Gasteiger partial charge in [-0.3, -0.25) is 0 Å². The molecule has 3 heteroatoms. The van der Waals surface area contributed by atoms with Crippen LogP contribution in [0.1, 0.15) is 0 Å². The van der Waals surface area contributed by atoms with E-state index in [1.807, 2.05) is 12.2 Å². The summed E-state index contributed by atoms with van der Waals surface area (Å²) in [5.74, 6) is 0. The Morgan fingerprint density at radius 1 is 1.06 bits per heavy atom.